The van der Waals surface area contributed by atoms with Gasteiger partial charge in [-0.15, -0.1) is 0 Å². The van der Waals surface area contributed by atoms with Crippen molar-refractivity contribution in [2.45, 2.75) is 45.6 Å². The molecule has 1 heterocycles. The van der Waals surface area contributed by atoms with Gasteiger partial charge in [-0.25, -0.2) is 9.59 Å². The van der Waals surface area contributed by atoms with Crippen molar-refractivity contribution in [2.75, 3.05) is 19.6 Å². The van der Waals surface area contributed by atoms with Crippen molar-refractivity contribution >= 4 is 17.9 Å². The molecular weight excluding hydrogens is 274 g/mol. The van der Waals surface area contributed by atoms with Crippen molar-refractivity contribution in [3.05, 3.63) is 0 Å². The summed E-state index contributed by atoms with van der Waals surface area (Å²) in [5.74, 6) is -0.659. The number of aliphatic carboxylic acids is 1. The average Bonchev–Trinajstić information content (AvgIpc) is 2.45. The second kappa shape index (κ2) is 8.49. The van der Waals surface area contributed by atoms with E-state index in [1.165, 1.54) is 6.92 Å². The summed E-state index contributed by atoms with van der Waals surface area (Å²) in [4.78, 5) is 35.6. The minimum atomic E-state index is -0.995. The van der Waals surface area contributed by atoms with Crippen LogP contribution < -0.4 is 10.6 Å². The van der Waals surface area contributed by atoms with Crippen LogP contribution in [-0.2, 0) is 9.59 Å². The molecule has 0 saturated carbocycles. The van der Waals surface area contributed by atoms with Crippen molar-refractivity contribution in [2.24, 2.45) is 5.92 Å². The van der Waals surface area contributed by atoms with Gasteiger partial charge < -0.3 is 20.6 Å². The van der Waals surface area contributed by atoms with Crippen LogP contribution in [0.5, 0.6) is 0 Å². The summed E-state index contributed by atoms with van der Waals surface area (Å²) in [6, 6.07) is -1.13. The molecule has 7 heteroatoms. The molecule has 1 aliphatic heterocycles. The zero-order valence-corrected chi connectivity index (χ0v) is 12.7. The Morgan fingerprint density at radius 2 is 1.90 bits per heavy atom. The van der Waals surface area contributed by atoms with Crippen molar-refractivity contribution < 1.29 is 19.5 Å². The molecule has 1 aliphatic rings. The van der Waals surface area contributed by atoms with Gasteiger partial charge in [0.25, 0.3) is 0 Å². The first-order valence-electron chi connectivity index (χ1n) is 7.46. The van der Waals surface area contributed by atoms with E-state index in [1.807, 2.05) is 6.92 Å². The van der Waals surface area contributed by atoms with Crippen LogP contribution in [0.2, 0.25) is 0 Å². The van der Waals surface area contributed by atoms with Crippen LogP contribution in [0.3, 0.4) is 0 Å². The molecule has 0 bridgehead atoms. The maximum Gasteiger partial charge on any atom is 0.326 e. The SMILES string of the molecule is CCC[C@@H](NC(=O)N1CCC(CNC(C)=O)CC1)C(=O)O. The van der Waals surface area contributed by atoms with Gasteiger partial charge in [-0.1, -0.05) is 13.3 Å². The van der Waals surface area contributed by atoms with Gasteiger partial charge in [0.05, 0.1) is 0 Å². The maximum atomic E-state index is 12.0. The Morgan fingerprint density at radius 3 is 2.38 bits per heavy atom. The van der Waals surface area contributed by atoms with E-state index in [9.17, 15) is 14.4 Å². The van der Waals surface area contributed by atoms with E-state index in [0.717, 1.165) is 12.8 Å². The number of carboxylic acids is 1. The molecule has 3 amide bonds. The van der Waals surface area contributed by atoms with Gasteiger partial charge in [-0.2, -0.15) is 0 Å². The van der Waals surface area contributed by atoms with E-state index >= 15 is 0 Å². The predicted octanol–water partition coefficient (Wildman–Crippen LogP) is 0.797. The summed E-state index contributed by atoms with van der Waals surface area (Å²) >= 11 is 0. The van der Waals surface area contributed by atoms with Gasteiger partial charge in [-0.05, 0) is 25.2 Å². The molecule has 0 aromatic carbocycles. The molecule has 0 radical (unpaired) electrons. The molecule has 21 heavy (non-hydrogen) atoms. The summed E-state index contributed by atoms with van der Waals surface area (Å²) in [6.07, 6.45) is 2.77. The number of carboxylic acid groups (broad SMARTS) is 1. The van der Waals surface area contributed by atoms with E-state index in [1.54, 1.807) is 4.90 Å². The van der Waals surface area contributed by atoms with Gasteiger partial charge in [0, 0.05) is 26.6 Å². The van der Waals surface area contributed by atoms with Gasteiger partial charge in [0.1, 0.15) is 6.04 Å². The number of rotatable bonds is 6. The number of piperidine rings is 1. The number of hydrogen-bond acceptors (Lipinski definition) is 3. The molecule has 1 rings (SSSR count). The molecule has 0 aromatic rings. The lowest BCUT2D eigenvalue weighted by Crippen LogP contribution is -2.50. The first kappa shape index (κ1) is 17.3. The third kappa shape index (κ3) is 6.01. The lowest BCUT2D eigenvalue weighted by Gasteiger charge is -2.32. The Balaban J connectivity index is 2.37. The van der Waals surface area contributed by atoms with Crippen molar-refractivity contribution in [1.29, 1.82) is 0 Å². The second-order valence-corrected chi connectivity index (χ2v) is 5.50. The highest BCUT2D eigenvalue weighted by Gasteiger charge is 2.26. The fourth-order valence-corrected chi connectivity index (χ4v) is 2.41. The maximum absolute atomic E-state index is 12.0. The molecule has 1 atom stereocenters. The lowest BCUT2D eigenvalue weighted by atomic mass is 9.97. The lowest BCUT2D eigenvalue weighted by molar-refractivity contribution is -0.139. The number of carbonyl (C=O) groups is 3. The molecule has 3 N–H and O–H groups in total. The summed E-state index contributed by atoms with van der Waals surface area (Å²) in [6.45, 7) is 5.19. The normalized spacial score (nSPS) is 17.1. The van der Waals surface area contributed by atoms with E-state index in [0.29, 0.717) is 38.4 Å². The van der Waals surface area contributed by atoms with E-state index in [2.05, 4.69) is 10.6 Å². The Bertz CT molecular complexity index is 378. The van der Waals surface area contributed by atoms with Crippen molar-refractivity contribution in [3.8, 4) is 0 Å². The van der Waals surface area contributed by atoms with E-state index in [4.69, 9.17) is 5.11 Å². The number of carbonyl (C=O) groups excluding carboxylic acids is 2. The predicted molar refractivity (Wildman–Crippen MR) is 77.8 cm³/mol. The fourth-order valence-electron chi connectivity index (χ4n) is 2.41. The van der Waals surface area contributed by atoms with Gasteiger partial charge in [0.15, 0.2) is 0 Å². The number of hydrogen-bond donors (Lipinski definition) is 3. The molecule has 1 fully saturated rings. The van der Waals surface area contributed by atoms with Crippen LogP contribution in [0, 0.1) is 5.92 Å². The minimum Gasteiger partial charge on any atom is -0.480 e. The van der Waals surface area contributed by atoms with Crippen LogP contribution >= 0.6 is 0 Å². The van der Waals surface area contributed by atoms with Crippen LogP contribution in [0.4, 0.5) is 4.79 Å². The Labute approximate surface area is 125 Å². The van der Waals surface area contributed by atoms with Gasteiger partial charge >= 0.3 is 12.0 Å². The average molecular weight is 299 g/mol. The molecule has 0 aromatic heterocycles. The standard InChI is InChI=1S/C14H25N3O4/c1-3-4-12(13(19)20)16-14(21)17-7-5-11(6-8-17)9-15-10(2)18/h11-12H,3-9H2,1-2H3,(H,15,18)(H,16,21)(H,19,20)/t12-/m1/s1. The fraction of sp³-hybridized carbons (Fsp3) is 0.786. The Hall–Kier alpha value is -1.79. The van der Waals surface area contributed by atoms with Crippen LogP contribution in [-0.4, -0.2) is 53.6 Å². The highest BCUT2D eigenvalue weighted by atomic mass is 16.4. The first-order valence-corrected chi connectivity index (χ1v) is 7.46. The monoisotopic (exact) mass is 299 g/mol. The number of amides is 3. The molecule has 0 aliphatic carbocycles. The Kier molecular flexibility index (Phi) is 6.98. The summed E-state index contributed by atoms with van der Waals surface area (Å²) in [7, 11) is 0. The van der Waals surface area contributed by atoms with Crippen LogP contribution in [0.15, 0.2) is 0 Å². The molecule has 0 unspecified atom stereocenters. The molecular formula is C14H25N3O4. The highest BCUT2D eigenvalue weighted by Crippen LogP contribution is 2.16. The minimum absolute atomic E-state index is 0.0426. The van der Waals surface area contributed by atoms with Gasteiger partial charge in [-0.3, -0.25) is 4.79 Å². The van der Waals surface area contributed by atoms with Crippen LogP contribution in [0.1, 0.15) is 39.5 Å². The smallest absolute Gasteiger partial charge is 0.326 e. The van der Waals surface area contributed by atoms with E-state index in [-0.39, 0.29) is 11.9 Å². The third-order valence-corrected chi connectivity index (χ3v) is 3.71. The van der Waals surface area contributed by atoms with E-state index < -0.39 is 12.0 Å². The number of nitrogens with zero attached hydrogens (tertiary/aromatic N) is 1. The van der Waals surface area contributed by atoms with Crippen LogP contribution in [0.25, 0.3) is 0 Å². The number of nitrogens with one attached hydrogen (secondary N) is 2. The summed E-state index contributed by atoms with van der Waals surface area (Å²) < 4.78 is 0. The highest BCUT2D eigenvalue weighted by molar-refractivity contribution is 5.82. The zero-order chi connectivity index (χ0) is 15.8. The molecule has 0 spiro atoms. The first-order chi connectivity index (χ1) is 9.93. The van der Waals surface area contributed by atoms with Crippen molar-refractivity contribution in [1.82, 2.24) is 15.5 Å². The molecule has 7 nitrogen and oxygen atoms in total. The van der Waals surface area contributed by atoms with Gasteiger partial charge in [0.2, 0.25) is 5.91 Å². The van der Waals surface area contributed by atoms with Crippen molar-refractivity contribution in [3.63, 3.8) is 0 Å². The number of likely N-dealkylation sites (tertiary alicyclic amines) is 1. The third-order valence-electron chi connectivity index (χ3n) is 3.71. The quantitative estimate of drug-likeness (QED) is 0.675. The topological polar surface area (TPSA) is 98.7 Å². The summed E-state index contributed by atoms with van der Waals surface area (Å²) in [5.41, 5.74) is 0. The zero-order valence-electron chi connectivity index (χ0n) is 12.7. The molecule has 120 valence electrons. The summed E-state index contributed by atoms with van der Waals surface area (Å²) in [5, 5.41) is 14.4. The molecule has 1 saturated heterocycles. The number of urea groups is 1. The largest absolute Gasteiger partial charge is 0.480 e. The second-order valence-electron chi connectivity index (χ2n) is 5.50. The Morgan fingerprint density at radius 1 is 1.29 bits per heavy atom.